The lowest BCUT2D eigenvalue weighted by Gasteiger charge is -2.17. The van der Waals surface area contributed by atoms with Crippen LogP contribution in [0.3, 0.4) is 0 Å². The summed E-state index contributed by atoms with van der Waals surface area (Å²) < 4.78 is 0. The fourth-order valence-corrected chi connectivity index (χ4v) is 1.99. The lowest BCUT2D eigenvalue weighted by molar-refractivity contribution is 0.268. The Kier molecular flexibility index (Phi) is 4.11. The molecule has 0 radical (unpaired) electrons. The fourth-order valence-electron chi connectivity index (χ4n) is 1.99. The normalized spacial score (nSPS) is 12.6. The Labute approximate surface area is 112 Å². The smallest absolute Gasteiger partial charge is 0.222 e. The largest absolute Gasteiger partial charge is 0.394 e. The molecule has 6 nitrogen and oxygen atoms in total. The number of aryl methyl sites for hydroxylation is 1. The highest BCUT2D eigenvalue weighted by atomic mass is 16.3. The standard InChI is InChI=1S/C13H19N5O/c1-3-4-9(7-19)16-12-11-10(17-13(14)18-12)5-8(2)6-15-11/h5-6,9,19H,3-4,7H2,1-2H3,(H3,14,16,17,18)/t9-/m0/s1. The molecule has 0 aliphatic carbocycles. The molecule has 0 bridgehead atoms. The van der Waals surface area contributed by atoms with Gasteiger partial charge in [0.2, 0.25) is 5.95 Å². The molecule has 2 aromatic rings. The Balaban J connectivity index is 2.41. The van der Waals surface area contributed by atoms with E-state index < -0.39 is 0 Å². The average Bonchev–Trinajstić information content (AvgIpc) is 2.37. The summed E-state index contributed by atoms with van der Waals surface area (Å²) in [6.07, 6.45) is 3.60. The van der Waals surface area contributed by atoms with Crippen molar-refractivity contribution in [1.82, 2.24) is 15.0 Å². The first-order valence-corrected chi connectivity index (χ1v) is 6.41. The first-order valence-electron chi connectivity index (χ1n) is 6.41. The van der Waals surface area contributed by atoms with Gasteiger partial charge in [0.15, 0.2) is 5.82 Å². The van der Waals surface area contributed by atoms with Crippen molar-refractivity contribution in [2.45, 2.75) is 32.7 Å². The number of fused-ring (bicyclic) bond motifs is 1. The zero-order chi connectivity index (χ0) is 13.8. The molecule has 0 saturated heterocycles. The Morgan fingerprint density at radius 2 is 2.21 bits per heavy atom. The Morgan fingerprint density at radius 1 is 1.42 bits per heavy atom. The molecule has 4 N–H and O–H groups in total. The minimum absolute atomic E-state index is 0.0467. The second kappa shape index (κ2) is 5.79. The first-order chi connectivity index (χ1) is 9.13. The van der Waals surface area contributed by atoms with Crippen molar-refractivity contribution in [3.05, 3.63) is 17.8 Å². The van der Waals surface area contributed by atoms with Crippen molar-refractivity contribution >= 4 is 22.8 Å². The van der Waals surface area contributed by atoms with Crippen LogP contribution in [-0.2, 0) is 0 Å². The average molecular weight is 261 g/mol. The summed E-state index contributed by atoms with van der Waals surface area (Å²) in [6, 6.07) is 1.87. The molecule has 2 aromatic heterocycles. The number of hydrogen-bond acceptors (Lipinski definition) is 6. The van der Waals surface area contributed by atoms with Gasteiger partial charge in [0, 0.05) is 6.20 Å². The number of anilines is 2. The maximum Gasteiger partial charge on any atom is 0.222 e. The third-order valence-corrected chi connectivity index (χ3v) is 2.89. The number of nitrogens with zero attached hydrogens (tertiary/aromatic N) is 3. The van der Waals surface area contributed by atoms with E-state index in [2.05, 4.69) is 27.2 Å². The molecule has 0 aromatic carbocycles. The SMILES string of the molecule is CCC[C@@H](CO)Nc1nc(N)nc2cc(C)cnc12. The van der Waals surface area contributed by atoms with Crippen molar-refractivity contribution < 1.29 is 5.11 Å². The number of aromatic nitrogens is 3. The highest BCUT2D eigenvalue weighted by Gasteiger charge is 2.12. The Bertz CT molecular complexity index is 567. The van der Waals surface area contributed by atoms with Crippen LogP contribution in [0.4, 0.5) is 11.8 Å². The number of pyridine rings is 1. The van der Waals surface area contributed by atoms with Crippen LogP contribution < -0.4 is 11.1 Å². The van der Waals surface area contributed by atoms with Gasteiger partial charge < -0.3 is 16.2 Å². The molecule has 19 heavy (non-hydrogen) atoms. The fraction of sp³-hybridized carbons (Fsp3) is 0.462. The molecule has 0 amide bonds. The van der Waals surface area contributed by atoms with Gasteiger partial charge >= 0.3 is 0 Å². The molecule has 0 aliphatic heterocycles. The second-order valence-electron chi connectivity index (χ2n) is 4.62. The second-order valence-corrected chi connectivity index (χ2v) is 4.62. The van der Waals surface area contributed by atoms with Crippen molar-refractivity contribution in [3.63, 3.8) is 0 Å². The van der Waals surface area contributed by atoms with Crippen molar-refractivity contribution in [2.24, 2.45) is 0 Å². The zero-order valence-electron chi connectivity index (χ0n) is 11.2. The number of hydrogen-bond donors (Lipinski definition) is 3. The van der Waals surface area contributed by atoms with E-state index in [1.165, 1.54) is 0 Å². The molecule has 102 valence electrons. The van der Waals surface area contributed by atoms with E-state index >= 15 is 0 Å². The Morgan fingerprint density at radius 3 is 2.89 bits per heavy atom. The van der Waals surface area contributed by atoms with Crippen LogP contribution in [0.25, 0.3) is 11.0 Å². The predicted octanol–water partition coefficient (Wildman–Crippen LogP) is 1.49. The molecule has 0 fully saturated rings. The molecule has 6 heteroatoms. The summed E-state index contributed by atoms with van der Waals surface area (Å²) in [7, 11) is 0. The molecule has 0 saturated carbocycles. The van der Waals surface area contributed by atoms with Gasteiger partial charge in [-0.2, -0.15) is 4.98 Å². The minimum Gasteiger partial charge on any atom is -0.394 e. The number of nitrogens with one attached hydrogen (secondary N) is 1. The number of aliphatic hydroxyl groups excluding tert-OH is 1. The lowest BCUT2D eigenvalue weighted by atomic mass is 10.2. The maximum atomic E-state index is 9.35. The number of rotatable bonds is 5. The van der Waals surface area contributed by atoms with Crippen LogP contribution in [-0.4, -0.2) is 32.7 Å². The van der Waals surface area contributed by atoms with E-state index in [1.54, 1.807) is 6.20 Å². The minimum atomic E-state index is -0.0504. The van der Waals surface area contributed by atoms with Gasteiger partial charge in [-0.3, -0.25) is 4.98 Å². The third-order valence-electron chi connectivity index (χ3n) is 2.89. The number of aliphatic hydroxyl groups is 1. The highest BCUT2D eigenvalue weighted by molar-refractivity contribution is 5.86. The van der Waals surface area contributed by atoms with Crippen molar-refractivity contribution in [2.75, 3.05) is 17.7 Å². The van der Waals surface area contributed by atoms with Crippen molar-refractivity contribution in [1.29, 1.82) is 0 Å². The molecule has 0 unspecified atom stereocenters. The van der Waals surface area contributed by atoms with Gasteiger partial charge in [-0.25, -0.2) is 4.98 Å². The predicted molar refractivity (Wildman–Crippen MR) is 75.9 cm³/mol. The zero-order valence-corrected chi connectivity index (χ0v) is 11.2. The van der Waals surface area contributed by atoms with Gasteiger partial charge in [-0.1, -0.05) is 13.3 Å². The lowest BCUT2D eigenvalue weighted by Crippen LogP contribution is -2.24. The topological polar surface area (TPSA) is 97.0 Å². The van der Waals surface area contributed by atoms with E-state index in [0.717, 1.165) is 18.4 Å². The maximum absolute atomic E-state index is 9.35. The summed E-state index contributed by atoms with van der Waals surface area (Å²) >= 11 is 0. The van der Waals surface area contributed by atoms with Crippen LogP contribution in [0, 0.1) is 6.92 Å². The van der Waals surface area contributed by atoms with Gasteiger partial charge in [0.25, 0.3) is 0 Å². The summed E-state index contributed by atoms with van der Waals surface area (Å²) in [4.78, 5) is 12.7. The molecule has 0 spiro atoms. The van der Waals surface area contributed by atoms with Gasteiger partial charge in [0.05, 0.1) is 18.2 Å². The molecule has 2 rings (SSSR count). The highest BCUT2D eigenvalue weighted by Crippen LogP contribution is 2.21. The molecular weight excluding hydrogens is 242 g/mol. The van der Waals surface area contributed by atoms with Crippen LogP contribution >= 0.6 is 0 Å². The molecule has 2 heterocycles. The van der Waals surface area contributed by atoms with E-state index in [4.69, 9.17) is 5.73 Å². The monoisotopic (exact) mass is 261 g/mol. The molecular formula is C13H19N5O. The van der Waals surface area contributed by atoms with Gasteiger partial charge in [-0.15, -0.1) is 0 Å². The summed E-state index contributed by atoms with van der Waals surface area (Å²) in [6.45, 7) is 4.06. The van der Waals surface area contributed by atoms with Crippen LogP contribution in [0.5, 0.6) is 0 Å². The van der Waals surface area contributed by atoms with E-state index in [0.29, 0.717) is 16.9 Å². The van der Waals surface area contributed by atoms with E-state index in [9.17, 15) is 5.11 Å². The van der Waals surface area contributed by atoms with Crippen molar-refractivity contribution in [3.8, 4) is 0 Å². The number of nitrogens with two attached hydrogens (primary N) is 1. The van der Waals surface area contributed by atoms with E-state index in [-0.39, 0.29) is 18.6 Å². The number of nitrogen functional groups attached to an aromatic ring is 1. The molecule has 0 aliphatic rings. The first kappa shape index (κ1) is 13.5. The third kappa shape index (κ3) is 3.08. The summed E-state index contributed by atoms with van der Waals surface area (Å²) in [5, 5.41) is 12.5. The van der Waals surface area contributed by atoms with Crippen LogP contribution in [0.2, 0.25) is 0 Å². The van der Waals surface area contributed by atoms with Gasteiger partial charge in [0.1, 0.15) is 5.52 Å². The van der Waals surface area contributed by atoms with Gasteiger partial charge in [-0.05, 0) is 25.0 Å². The quantitative estimate of drug-likeness (QED) is 0.754. The summed E-state index contributed by atoms with van der Waals surface area (Å²) in [5.74, 6) is 0.783. The molecule has 1 atom stereocenters. The van der Waals surface area contributed by atoms with Crippen LogP contribution in [0.1, 0.15) is 25.3 Å². The Hall–Kier alpha value is -1.95. The summed E-state index contributed by atoms with van der Waals surface area (Å²) in [5.41, 5.74) is 8.12. The van der Waals surface area contributed by atoms with Crippen LogP contribution in [0.15, 0.2) is 12.3 Å². The van der Waals surface area contributed by atoms with E-state index in [1.807, 2.05) is 13.0 Å².